The molecule has 0 N–H and O–H groups in total. The van der Waals surface area contributed by atoms with E-state index in [1.165, 1.54) is 6.07 Å². The van der Waals surface area contributed by atoms with Gasteiger partial charge in [0.2, 0.25) is 5.91 Å². The molecule has 6 heteroatoms. The highest BCUT2D eigenvalue weighted by molar-refractivity contribution is 5.79. The lowest BCUT2D eigenvalue weighted by molar-refractivity contribution is -0.133. The van der Waals surface area contributed by atoms with E-state index in [0.717, 1.165) is 25.0 Å². The lowest BCUT2D eigenvalue weighted by atomic mass is 10.1. The molecule has 1 atom stereocenters. The Morgan fingerprint density at radius 2 is 2.04 bits per heavy atom. The highest BCUT2D eigenvalue weighted by atomic mass is 19.1. The van der Waals surface area contributed by atoms with Crippen LogP contribution in [-0.2, 0) is 11.2 Å². The van der Waals surface area contributed by atoms with Crippen LogP contribution in [0.4, 0.5) is 8.78 Å². The first-order valence-electron chi connectivity index (χ1n) is 7.90. The molecule has 1 aliphatic heterocycles. The van der Waals surface area contributed by atoms with E-state index in [1.807, 2.05) is 0 Å². The Hall–Kier alpha value is -2.50. The Balaban J connectivity index is 1.60. The summed E-state index contributed by atoms with van der Waals surface area (Å²) in [5.41, 5.74) is 0.207. The first-order valence-corrected chi connectivity index (χ1v) is 7.90. The molecule has 126 valence electrons. The molecule has 0 spiro atoms. The van der Waals surface area contributed by atoms with E-state index in [4.69, 9.17) is 4.74 Å². The third kappa shape index (κ3) is 4.07. The van der Waals surface area contributed by atoms with Crippen molar-refractivity contribution in [3.8, 4) is 5.75 Å². The molecule has 1 amide bonds. The van der Waals surface area contributed by atoms with Gasteiger partial charge in [-0.1, -0.05) is 6.07 Å². The number of halogens is 2. The number of ether oxygens (including phenoxy) is 1. The third-order valence-electron chi connectivity index (χ3n) is 4.04. The number of carbonyl (C=O) groups is 1. The summed E-state index contributed by atoms with van der Waals surface area (Å²) in [6, 6.07) is 6.83. The van der Waals surface area contributed by atoms with Gasteiger partial charge in [-0.25, -0.2) is 8.78 Å². The van der Waals surface area contributed by atoms with Crippen LogP contribution in [0.2, 0.25) is 0 Å². The van der Waals surface area contributed by atoms with Gasteiger partial charge in [-0.3, -0.25) is 9.78 Å². The second kappa shape index (κ2) is 7.38. The minimum absolute atomic E-state index is 0.0753. The molecule has 2 heterocycles. The van der Waals surface area contributed by atoms with Crippen LogP contribution in [0, 0.1) is 11.6 Å². The fourth-order valence-electron chi connectivity index (χ4n) is 2.81. The van der Waals surface area contributed by atoms with Gasteiger partial charge in [0, 0.05) is 25.0 Å². The smallest absolute Gasteiger partial charge is 0.227 e. The second-order valence-electron chi connectivity index (χ2n) is 5.82. The Labute approximate surface area is 139 Å². The molecule has 0 radical (unpaired) electrons. The summed E-state index contributed by atoms with van der Waals surface area (Å²) in [6.45, 7) is 1.09. The summed E-state index contributed by atoms with van der Waals surface area (Å²) < 4.78 is 32.5. The number of piperidine rings is 1. The van der Waals surface area contributed by atoms with Crippen molar-refractivity contribution < 1.29 is 18.3 Å². The van der Waals surface area contributed by atoms with Gasteiger partial charge < -0.3 is 9.64 Å². The number of hydrogen-bond donors (Lipinski definition) is 0. The van der Waals surface area contributed by atoms with Crippen LogP contribution in [0.1, 0.15) is 18.4 Å². The van der Waals surface area contributed by atoms with Gasteiger partial charge in [-0.05, 0) is 36.6 Å². The lowest BCUT2D eigenvalue weighted by Gasteiger charge is -2.33. The molecule has 1 unspecified atom stereocenters. The Kier molecular flexibility index (Phi) is 5.03. The quantitative estimate of drug-likeness (QED) is 0.864. The zero-order valence-corrected chi connectivity index (χ0v) is 13.1. The summed E-state index contributed by atoms with van der Waals surface area (Å²) in [5.74, 6) is -0.796. The molecule has 0 bridgehead atoms. The maximum atomic E-state index is 13.7. The largest absolute Gasteiger partial charge is 0.488 e. The molecule has 1 aliphatic rings. The Bertz CT molecular complexity index is 709. The van der Waals surface area contributed by atoms with E-state index in [1.54, 1.807) is 29.4 Å². The first kappa shape index (κ1) is 16.4. The summed E-state index contributed by atoms with van der Waals surface area (Å²) in [5, 5.41) is 0. The molecular formula is C18H18F2N2O2. The standard InChI is InChI=1S/C18H18F2N2O2/c19-14-4-3-13(17(20)11-14)10-18(23)22-9-1-2-16(12-22)24-15-5-7-21-8-6-15/h3-8,11,16H,1-2,9-10,12H2. The van der Waals surface area contributed by atoms with Crippen LogP contribution in [0.5, 0.6) is 5.75 Å². The van der Waals surface area contributed by atoms with Crippen molar-refractivity contribution in [2.24, 2.45) is 0 Å². The molecule has 1 aromatic heterocycles. The van der Waals surface area contributed by atoms with Crippen LogP contribution >= 0.6 is 0 Å². The SMILES string of the molecule is O=C(Cc1ccc(F)cc1F)N1CCCC(Oc2ccncc2)C1. The van der Waals surface area contributed by atoms with E-state index in [-0.39, 0.29) is 24.0 Å². The number of rotatable bonds is 4. The first-order chi connectivity index (χ1) is 11.6. The van der Waals surface area contributed by atoms with E-state index in [2.05, 4.69) is 4.98 Å². The minimum atomic E-state index is -0.690. The number of benzene rings is 1. The highest BCUT2D eigenvalue weighted by Gasteiger charge is 2.25. The van der Waals surface area contributed by atoms with Crippen molar-refractivity contribution in [2.45, 2.75) is 25.4 Å². The molecule has 4 nitrogen and oxygen atoms in total. The van der Waals surface area contributed by atoms with E-state index in [9.17, 15) is 13.6 Å². The van der Waals surface area contributed by atoms with Gasteiger partial charge in [-0.15, -0.1) is 0 Å². The Morgan fingerprint density at radius 1 is 1.25 bits per heavy atom. The predicted octanol–water partition coefficient (Wildman–Crippen LogP) is 2.97. The molecular weight excluding hydrogens is 314 g/mol. The van der Waals surface area contributed by atoms with Gasteiger partial charge in [-0.2, -0.15) is 0 Å². The fraction of sp³-hybridized carbons (Fsp3) is 0.333. The summed E-state index contributed by atoms with van der Waals surface area (Å²) >= 11 is 0. The maximum Gasteiger partial charge on any atom is 0.227 e. The van der Waals surface area contributed by atoms with E-state index in [0.29, 0.717) is 18.8 Å². The molecule has 1 fully saturated rings. The zero-order valence-electron chi connectivity index (χ0n) is 13.1. The second-order valence-corrected chi connectivity index (χ2v) is 5.82. The number of hydrogen-bond acceptors (Lipinski definition) is 3. The van der Waals surface area contributed by atoms with Crippen LogP contribution in [0.3, 0.4) is 0 Å². The van der Waals surface area contributed by atoms with E-state index >= 15 is 0 Å². The van der Waals surface area contributed by atoms with Gasteiger partial charge in [0.25, 0.3) is 0 Å². The number of likely N-dealkylation sites (tertiary alicyclic amines) is 1. The van der Waals surface area contributed by atoms with Crippen molar-refractivity contribution in [1.82, 2.24) is 9.88 Å². The summed E-state index contributed by atoms with van der Waals surface area (Å²) in [7, 11) is 0. The third-order valence-corrected chi connectivity index (χ3v) is 4.04. The molecule has 0 aliphatic carbocycles. The molecule has 3 rings (SSSR count). The topological polar surface area (TPSA) is 42.4 Å². The summed E-state index contributed by atoms with van der Waals surface area (Å²) in [6.07, 6.45) is 4.82. The zero-order chi connectivity index (χ0) is 16.9. The van der Waals surface area contributed by atoms with Crippen molar-refractivity contribution in [3.63, 3.8) is 0 Å². The maximum absolute atomic E-state index is 13.7. The fourth-order valence-corrected chi connectivity index (χ4v) is 2.81. The monoisotopic (exact) mass is 332 g/mol. The number of aromatic nitrogens is 1. The predicted molar refractivity (Wildman–Crippen MR) is 84.5 cm³/mol. The van der Waals surface area contributed by atoms with Gasteiger partial charge >= 0.3 is 0 Å². The molecule has 24 heavy (non-hydrogen) atoms. The summed E-state index contributed by atoms with van der Waals surface area (Å²) in [4.78, 5) is 18.0. The Morgan fingerprint density at radius 3 is 2.79 bits per heavy atom. The number of amides is 1. The average molecular weight is 332 g/mol. The number of nitrogens with zero attached hydrogens (tertiary/aromatic N) is 2. The normalized spacial score (nSPS) is 17.6. The number of pyridine rings is 1. The van der Waals surface area contributed by atoms with Crippen molar-refractivity contribution in [2.75, 3.05) is 13.1 Å². The number of carbonyl (C=O) groups excluding carboxylic acids is 1. The lowest BCUT2D eigenvalue weighted by Crippen LogP contribution is -2.45. The highest BCUT2D eigenvalue weighted by Crippen LogP contribution is 2.19. The van der Waals surface area contributed by atoms with Gasteiger partial charge in [0.1, 0.15) is 23.5 Å². The van der Waals surface area contributed by atoms with Crippen LogP contribution in [0.25, 0.3) is 0 Å². The molecule has 1 aromatic carbocycles. The molecule has 0 saturated carbocycles. The minimum Gasteiger partial charge on any atom is -0.488 e. The van der Waals surface area contributed by atoms with Crippen molar-refractivity contribution in [3.05, 3.63) is 59.9 Å². The van der Waals surface area contributed by atoms with Crippen LogP contribution in [0.15, 0.2) is 42.7 Å². The van der Waals surface area contributed by atoms with Gasteiger partial charge in [0.05, 0.1) is 13.0 Å². The molecule has 2 aromatic rings. The molecule has 1 saturated heterocycles. The van der Waals surface area contributed by atoms with Crippen LogP contribution in [-0.4, -0.2) is 35.0 Å². The van der Waals surface area contributed by atoms with Crippen LogP contribution < -0.4 is 4.74 Å². The van der Waals surface area contributed by atoms with E-state index < -0.39 is 11.6 Å². The van der Waals surface area contributed by atoms with Gasteiger partial charge in [0.15, 0.2) is 0 Å². The average Bonchev–Trinajstić information content (AvgIpc) is 2.58. The van der Waals surface area contributed by atoms with Crippen molar-refractivity contribution in [1.29, 1.82) is 0 Å². The van der Waals surface area contributed by atoms with Crippen molar-refractivity contribution >= 4 is 5.91 Å².